The fraction of sp³-hybridized carbons (Fsp3) is 0.391. The maximum Gasteiger partial charge on any atom is 0.416 e. The Kier molecular flexibility index (Phi) is 7.40. The minimum Gasteiger partial charge on any atom is -0.307 e. The fourth-order valence-corrected chi connectivity index (χ4v) is 5.02. The highest BCUT2D eigenvalue weighted by Crippen LogP contribution is 2.45. The van der Waals surface area contributed by atoms with Crippen LogP contribution in [0, 0.1) is 6.92 Å². The minimum absolute atomic E-state index is 0. The van der Waals surface area contributed by atoms with E-state index in [1.165, 1.54) is 23.9 Å². The van der Waals surface area contributed by atoms with Gasteiger partial charge in [-0.05, 0) is 61.9 Å². The summed E-state index contributed by atoms with van der Waals surface area (Å²) in [6.45, 7) is 2.01. The molecule has 4 rings (SSSR count). The Morgan fingerprint density at radius 1 is 1.03 bits per heavy atom. The van der Waals surface area contributed by atoms with Crippen LogP contribution in [0.4, 0.5) is 24.5 Å². The summed E-state index contributed by atoms with van der Waals surface area (Å²) in [6, 6.07) is 13.5. The van der Waals surface area contributed by atoms with E-state index in [4.69, 9.17) is 9.98 Å². The molecule has 166 valence electrons. The van der Waals surface area contributed by atoms with E-state index >= 15 is 0 Å². The topological polar surface area (TPSA) is 28.0 Å². The summed E-state index contributed by atoms with van der Waals surface area (Å²) in [5.74, 6) is 0.703. The third kappa shape index (κ3) is 4.79. The van der Waals surface area contributed by atoms with Crippen LogP contribution in [0.3, 0.4) is 0 Å². The Bertz CT molecular complexity index is 998. The first-order valence-electron chi connectivity index (χ1n) is 10.1. The molecule has 0 N–H and O–H groups in total. The SMILES string of the molecule is CSC1=NC(=Nc2cccc(C)c2)C2(CCCCC2)N1c1cccc(C(F)(F)F)c1.I. The lowest BCUT2D eigenvalue weighted by molar-refractivity contribution is -0.137. The van der Waals surface area contributed by atoms with Crippen molar-refractivity contribution in [1.29, 1.82) is 0 Å². The van der Waals surface area contributed by atoms with Gasteiger partial charge in [0.05, 0.1) is 11.3 Å². The molecule has 8 heteroatoms. The van der Waals surface area contributed by atoms with Crippen molar-refractivity contribution in [3.63, 3.8) is 0 Å². The molecule has 0 aromatic heterocycles. The summed E-state index contributed by atoms with van der Waals surface area (Å²) in [4.78, 5) is 11.7. The lowest BCUT2D eigenvalue weighted by Crippen LogP contribution is -2.52. The molecule has 1 fully saturated rings. The van der Waals surface area contributed by atoms with E-state index in [1.807, 2.05) is 42.3 Å². The average Bonchev–Trinajstić information content (AvgIpc) is 3.00. The molecule has 0 saturated heterocycles. The zero-order valence-electron chi connectivity index (χ0n) is 17.4. The number of amidine groups is 2. The average molecular weight is 559 g/mol. The van der Waals surface area contributed by atoms with Gasteiger partial charge in [0, 0.05) is 5.69 Å². The van der Waals surface area contributed by atoms with E-state index < -0.39 is 17.3 Å². The second kappa shape index (κ2) is 9.52. The quantitative estimate of drug-likeness (QED) is 0.355. The molecule has 1 saturated carbocycles. The highest BCUT2D eigenvalue weighted by Gasteiger charge is 2.49. The summed E-state index contributed by atoms with van der Waals surface area (Å²) in [6.07, 6.45) is 2.28. The molecule has 0 radical (unpaired) electrons. The molecule has 2 aliphatic rings. The van der Waals surface area contributed by atoms with Gasteiger partial charge in [-0.1, -0.05) is 49.2 Å². The van der Waals surface area contributed by atoms with Gasteiger partial charge < -0.3 is 4.90 Å². The number of thioether (sulfide) groups is 1. The number of benzene rings is 2. The van der Waals surface area contributed by atoms with Gasteiger partial charge in [-0.15, -0.1) is 24.0 Å². The van der Waals surface area contributed by atoms with E-state index in [0.29, 0.717) is 16.7 Å². The second-order valence-corrected chi connectivity index (χ2v) is 8.62. The van der Waals surface area contributed by atoms with Crippen molar-refractivity contribution in [1.82, 2.24) is 0 Å². The smallest absolute Gasteiger partial charge is 0.307 e. The fourth-order valence-electron chi connectivity index (χ4n) is 4.38. The molecule has 1 aliphatic heterocycles. The molecular formula is C23H25F3IN3S. The third-order valence-electron chi connectivity index (χ3n) is 5.77. The maximum absolute atomic E-state index is 13.4. The van der Waals surface area contributed by atoms with E-state index in [0.717, 1.165) is 49.4 Å². The molecule has 0 amide bonds. The van der Waals surface area contributed by atoms with Gasteiger partial charge in [0.25, 0.3) is 0 Å². The molecule has 0 bridgehead atoms. The second-order valence-electron chi connectivity index (χ2n) is 7.85. The predicted molar refractivity (Wildman–Crippen MR) is 134 cm³/mol. The Morgan fingerprint density at radius 2 is 1.74 bits per heavy atom. The molecule has 0 atom stereocenters. The number of hydrogen-bond donors (Lipinski definition) is 0. The van der Waals surface area contributed by atoms with Crippen molar-refractivity contribution < 1.29 is 13.2 Å². The van der Waals surface area contributed by atoms with Crippen molar-refractivity contribution >= 4 is 58.1 Å². The molecule has 3 nitrogen and oxygen atoms in total. The third-order valence-corrected chi connectivity index (χ3v) is 6.41. The number of nitrogens with zero attached hydrogens (tertiary/aromatic N) is 3. The lowest BCUT2D eigenvalue weighted by Gasteiger charge is -2.42. The summed E-state index contributed by atoms with van der Waals surface area (Å²) in [5, 5.41) is 0.697. The molecule has 0 unspecified atom stereocenters. The van der Waals surface area contributed by atoms with Gasteiger partial charge in [0.15, 0.2) is 11.0 Å². The van der Waals surface area contributed by atoms with Crippen molar-refractivity contribution in [2.45, 2.75) is 50.7 Å². The molecule has 2 aromatic carbocycles. The Morgan fingerprint density at radius 3 is 2.39 bits per heavy atom. The molecule has 2 aromatic rings. The van der Waals surface area contributed by atoms with Crippen LogP contribution in [0.5, 0.6) is 0 Å². The Balaban J connectivity index is 0.00000272. The van der Waals surface area contributed by atoms with Crippen LogP contribution in [0.1, 0.15) is 43.2 Å². The van der Waals surface area contributed by atoms with E-state index in [9.17, 15) is 13.2 Å². The van der Waals surface area contributed by atoms with Crippen LogP contribution >= 0.6 is 35.7 Å². The Labute approximate surface area is 202 Å². The molecule has 1 spiro atoms. The predicted octanol–water partition coefficient (Wildman–Crippen LogP) is 7.60. The molecular weight excluding hydrogens is 534 g/mol. The Hall–Kier alpha value is -1.55. The van der Waals surface area contributed by atoms with Crippen molar-refractivity contribution in [3.05, 3.63) is 59.7 Å². The zero-order valence-corrected chi connectivity index (χ0v) is 20.6. The molecule has 31 heavy (non-hydrogen) atoms. The lowest BCUT2D eigenvalue weighted by atomic mass is 9.79. The van der Waals surface area contributed by atoms with Crippen LogP contribution in [0.15, 0.2) is 58.5 Å². The van der Waals surface area contributed by atoms with Gasteiger partial charge in [0.2, 0.25) is 0 Å². The molecule has 1 aliphatic carbocycles. The van der Waals surface area contributed by atoms with Crippen LogP contribution in [0.2, 0.25) is 0 Å². The standard InChI is InChI=1S/C23H24F3N3S.HI/c1-16-8-6-10-18(14-16)27-20-22(12-4-3-5-13-22)29(21(28-20)30-2)19-11-7-9-17(15-19)23(24,25)26;/h6-11,14-15H,3-5,12-13H2,1-2H3;1H. The number of hydrogen-bond acceptors (Lipinski definition) is 3. The maximum atomic E-state index is 13.4. The number of rotatable bonds is 2. The summed E-state index contributed by atoms with van der Waals surface area (Å²) in [5.41, 5.74) is 1.30. The van der Waals surface area contributed by atoms with Gasteiger partial charge >= 0.3 is 6.18 Å². The number of anilines is 1. The highest BCUT2D eigenvalue weighted by molar-refractivity contribution is 14.0. The highest BCUT2D eigenvalue weighted by atomic mass is 127. The van der Waals surface area contributed by atoms with Crippen LogP contribution < -0.4 is 4.90 Å². The number of halogens is 4. The van der Waals surface area contributed by atoms with E-state index in [1.54, 1.807) is 6.07 Å². The van der Waals surface area contributed by atoms with Crippen LogP contribution in [0.25, 0.3) is 0 Å². The normalized spacial score (nSPS) is 19.5. The van der Waals surface area contributed by atoms with Crippen molar-refractivity contribution in [2.24, 2.45) is 9.98 Å². The van der Waals surface area contributed by atoms with Gasteiger partial charge in [-0.2, -0.15) is 13.2 Å². The first-order chi connectivity index (χ1) is 14.3. The van der Waals surface area contributed by atoms with Gasteiger partial charge in [-0.3, -0.25) is 0 Å². The number of aryl methyl sites for hydroxylation is 1. The van der Waals surface area contributed by atoms with Gasteiger partial charge in [0.1, 0.15) is 5.54 Å². The van der Waals surface area contributed by atoms with Gasteiger partial charge in [-0.25, -0.2) is 9.98 Å². The first kappa shape index (κ1) is 24.1. The molecule has 1 heterocycles. The summed E-state index contributed by atoms with van der Waals surface area (Å²) >= 11 is 1.45. The summed E-state index contributed by atoms with van der Waals surface area (Å²) < 4.78 is 40.2. The van der Waals surface area contributed by atoms with Crippen molar-refractivity contribution in [3.8, 4) is 0 Å². The number of aliphatic imine (C=N–C) groups is 2. The largest absolute Gasteiger partial charge is 0.416 e. The number of alkyl halides is 3. The van der Waals surface area contributed by atoms with E-state index in [-0.39, 0.29) is 24.0 Å². The van der Waals surface area contributed by atoms with E-state index in [2.05, 4.69) is 0 Å². The van der Waals surface area contributed by atoms with Crippen LogP contribution in [-0.2, 0) is 6.18 Å². The van der Waals surface area contributed by atoms with Crippen molar-refractivity contribution in [2.75, 3.05) is 11.2 Å². The zero-order chi connectivity index (χ0) is 21.4. The minimum atomic E-state index is -4.38. The monoisotopic (exact) mass is 559 g/mol. The van der Waals surface area contributed by atoms with Crippen LogP contribution in [-0.4, -0.2) is 22.8 Å². The summed E-state index contributed by atoms with van der Waals surface area (Å²) in [7, 11) is 0. The first-order valence-corrected chi connectivity index (χ1v) is 11.3.